The fraction of sp³-hybridized carbons (Fsp3) is 0.533. The van der Waals surface area contributed by atoms with Gasteiger partial charge in [-0.15, -0.1) is 0 Å². The fourth-order valence-electron chi connectivity index (χ4n) is 2.94. The highest BCUT2D eigenvalue weighted by molar-refractivity contribution is 6.00. The average Bonchev–Trinajstić information content (AvgIpc) is 2.49. The number of hydrogen-bond acceptors (Lipinski definition) is 4. The number of ether oxygens (including phenoxy) is 1. The lowest BCUT2D eigenvalue weighted by Crippen LogP contribution is -2.63. The molecule has 4 heteroatoms. The van der Waals surface area contributed by atoms with Gasteiger partial charge in [0, 0.05) is 38.3 Å². The van der Waals surface area contributed by atoms with E-state index < -0.39 is 0 Å². The molecule has 0 radical (unpaired) electrons. The summed E-state index contributed by atoms with van der Waals surface area (Å²) in [6.45, 7) is 7.74. The zero-order valence-corrected chi connectivity index (χ0v) is 11.3. The highest BCUT2D eigenvalue weighted by Gasteiger charge is 2.36. The van der Waals surface area contributed by atoms with Gasteiger partial charge in [0.2, 0.25) is 0 Å². The maximum absolute atomic E-state index is 12.5. The third kappa shape index (κ3) is 2.51. The van der Waals surface area contributed by atoms with Gasteiger partial charge < -0.3 is 4.74 Å². The van der Waals surface area contributed by atoms with Crippen molar-refractivity contribution < 1.29 is 9.53 Å². The van der Waals surface area contributed by atoms with E-state index in [0.717, 1.165) is 44.0 Å². The van der Waals surface area contributed by atoms with Crippen LogP contribution in [0.1, 0.15) is 17.3 Å². The summed E-state index contributed by atoms with van der Waals surface area (Å²) in [5, 5.41) is 0. The molecule has 2 bridgehead atoms. The number of hydrogen-bond donors (Lipinski definition) is 0. The molecule has 1 atom stereocenters. The molecule has 0 amide bonds. The Balaban J connectivity index is 1.73. The van der Waals surface area contributed by atoms with E-state index in [1.54, 1.807) is 0 Å². The van der Waals surface area contributed by atoms with E-state index in [-0.39, 0.29) is 11.8 Å². The van der Waals surface area contributed by atoms with E-state index in [9.17, 15) is 4.79 Å². The molecular formula is C15H20N2O2. The van der Waals surface area contributed by atoms with Crippen molar-refractivity contribution in [3.05, 3.63) is 29.8 Å². The number of fused-ring (bicyclic) bond motifs is 3. The summed E-state index contributed by atoms with van der Waals surface area (Å²) in [5.74, 6) is 1.07. The average molecular weight is 260 g/mol. The summed E-state index contributed by atoms with van der Waals surface area (Å²) in [6.07, 6.45) is 0. The van der Waals surface area contributed by atoms with Gasteiger partial charge in [0.1, 0.15) is 5.75 Å². The predicted molar refractivity (Wildman–Crippen MR) is 73.7 cm³/mol. The minimum atomic E-state index is 0.0421. The van der Waals surface area contributed by atoms with Gasteiger partial charge >= 0.3 is 0 Å². The Morgan fingerprint density at radius 3 is 2.42 bits per heavy atom. The van der Waals surface area contributed by atoms with Crippen LogP contribution in [0, 0.1) is 0 Å². The lowest BCUT2D eigenvalue weighted by Gasteiger charge is -2.46. The zero-order chi connectivity index (χ0) is 13.2. The molecule has 3 saturated heterocycles. The Labute approximate surface area is 113 Å². The van der Waals surface area contributed by atoms with Crippen LogP contribution in [0.2, 0.25) is 0 Å². The molecule has 1 aromatic rings. The molecule has 0 saturated carbocycles. The largest absolute Gasteiger partial charge is 0.494 e. The Hall–Kier alpha value is -1.39. The number of carbonyl (C=O) groups is 1. The van der Waals surface area contributed by atoms with E-state index in [2.05, 4.69) is 9.80 Å². The van der Waals surface area contributed by atoms with Crippen molar-refractivity contribution in [2.45, 2.75) is 13.0 Å². The smallest absolute Gasteiger partial charge is 0.181 e. The third-order valence-electron chi connectivity index (χ3n) is 4.03. The van der Waals surface area contributed by atoms with Crippen LogP contribution in [0.5, 0.6) is 5.75 Å². The molecule has 4 rings (SSSR count). The molecule has 3 fully saturated rings. The van der Waals surface area contributed by atoms with Gasteiger partial charge in [-0.2, -0.15) is 0 Å². The second-order valence-corrected chi connectivity index (χ2v) is 5.17. The molecule has 0 aromatic heterocycles. The van der Waals surface area contributed by atoms with E-state index in [1.807, 2.05) is 31.2 Å². The van der Waals surface area contributed by atoms with Crippen molar-refractivity contribution in [2.24, 2.45) is 0 Å². The molecule has 0 spiro atoms. The Kier molecular flexibility index (Phi) is 3.53. The summed E-state index contributed by atoms with van der Waals surface area (Å²) in [4.78, 5) is 17.3. The number of carbonyl (C=O) groups excluding carboxylic acids is 1. The van der Waals surface area contributed by atoms with Crippen molar-refractivity contribution in [2.75, 3.05) is 39.3 Å². The first kappa shape index (κ1) is 12.6. The van der Waals surface area contributed by atoms with Crippen LogP contribution >= 0.6 is 0 Å². The van der Waals surface area contributed by atoms with Crippen molar-refractivity contribution in [1.82, 2.24) is 9.80 Å². The molecule has 3 aliphatic heterocycles. The molecule has 3 heterocycles. The summed E-state index contributed by atoms with van der Waals surface area (Å²) in [6, 6.07) is 7.57. The summed E-state index contributed by atoms with van der Waals surface area (Å²) < 4.78 is 5.41. The number of Topliss-reactive ketones (excluding diaryl/α,β-unsaturated/α-hetero) is 1. The van der Waals surface area contributed by atoms with Gasteiger partial charge in [0.25, 0.3) is 0 Å². The summed E-state index contributed by atoms with van der Waals surface area (Å²) >= 11 is 0. The minimum Gasteiger partial charge on any atom is -0.494 e. The van der Waals surface area contributed by atoms with E-state index in [1.165, 1.54) is 0 Å². The normalized spacial score (nSPS) is 29.2. The van der Waals surface area contributed by atoms with Gasteiger partial charge in [-0.25, -0.2) is 0 Å². The standard InChI is InChI=1S/C15H20N2O2/c1-2-19-13-5-3-12(4-6-13)15(18)14-11-16-7-9-17(14)10-8-16/h3-6,14H,2,7-11H2,1H3. The lowest BCUT2D eigenvalue weighted by molar-refractivity contribution is 0.0159. The molecule has 1 unspecified atom stereocenters. The van der Waals surface area contributed by atoms with Gasteiger partial charge in [-0.3, -0.25) is 14.6 Å². The second-order valence-electron chi connectivity index (χ2n) is 5.17. The molecule has 1 aromatic carbocycles. The molecule has 0 N–H and O–H groups in total. The van der Waals surface area contributed by atoms with Crippen molar-refractivity contribution in [1.29, 1.82) is 0 Å². The number of ketones is 1. The van der Waals surface area contributed by atoms with Gasteiger partial charge in [-0.1, -0.05) is 0 Å². The van der Waals surface area contributed by atoms with Crippen LogP contribution in [0.3, 0.4) is 0 Å². The second kappa shape index (κ2) is 5.31. The van der Waals surface area contributed by atoms with Crippen molar-refractivity contribution in [3.63, 3.8) is 0 Å². The summed E-state index contributed by atoms with van der Waals surface area (Å²) in [5.41, 5.74) is 0.794. The van der Waals surface area contributed by atoms with Gasteiger partial charge in [-0.05, 0) is 31.2 Å². The highest BCUT2D eigenvalue weighted by Crippen LogP contribution is 2.20. The molecule has 0 aliphatic carbocycles. The SMILES string of the molecule is CCOc1ccc(C(=O)C2CN3CCN2CC3)cc1. The van der Waals surface area contributed by atoms with Crippen LogP contribution in [-0.4, -0.2) is 61.0 Å². The number of piperazine rings is 3. The van der Waals surface area contributed by atoms with E-state index in [4.69, 9.17) is 4.74 Å². The van der Waals surface area contributed by atoms with Crippen LogP contribution in [-0.2, 0) is 0 Å². The van der Waals surface area contributed by atoms with E-state index >= 15 is 0 Å². The Morgan fingerprint density at radius 2 is 1.89 bits per heavy atom. The first-order valence-electron chi connectivity index (χ1n) is 7.01. The molecule has 19 heavy (non-hydrogen) atoms. The van der Waals surface area contributed by atoms with Crippen LogP contribution in [0.4, 0.5) is 0 Å². The molecular weight excluding hydrogens is 240 g/mol. The lowest BCUT2D eigenvalue weighted by atomic mass is 9.98. The van der Waals surface area contributed by atoms with Crippen LogP contribution < -0.4 is 4.74 Å². The number of benzene rings is 1. The van der Waals surface area contributed by atoms with Gasteiger partial charge in [0.15, 0.2) is 5.78 Å². The summed E-state index contributed by atoms with van der Waals surface area (Å²) in [7, 11) is 0. The quantitative estimate of drug-likeness (QED) is 0.763. The van der Waals surface area contributed by atoms with Crippen LogP contribution in [0.25, 0.3) is 0 Å². The third-order valence-corrected chi connectivity index (χ3v) is 4.03. The van der Waals surface area contributed by atoms with Crippen LogP contribution in [0.15, 0.2) is 24.3 Å². The first-order chi connectivity index (χ1) is 9.28. The van der Waals surface area contributed by atoms with Crippen molar-refractivity contribution >= 4 is 5.78 Å². The maximum Gasteiger partial charge on any atom is 0.181 e. The fourth-order valence-corrected chi connectivity index (χ4v) is 2.94. The van der Waals surface area contributed by atoms with E-state index in [0.29, 0.717) is 6.61 Å². The zero-order valence-electron chi connectivity index (χ0n) is 11.3. The topological polar surface area (TPSA) is 32.8 Å². The number of nitrogens with zero attached hydrogens (tertiary/aromatic N) is 2. The Morgan fingerprint density at radius 1 is 1.21 bits per heavy atom. The highest BCUT2D eigenvalue weighted by atomic mass is 16.5. The molecule has 3 aliphatic rings. The first-order valence-corrected chi connectivity index (χ1v) is 7.01. The minimum absolute atomic E-state index is 0.0421. The predicted octanol–water partition coefficient (Wildman–Crippen LogP) is 1.27. The van der Waals surface area contributed by atoms with Crippen molar-refractivity contribution in [3.8, 4) is 5.75 Å². The molecule has 4 nitrogen and oxygen atoms in total. The Bertz CT molecular complexity index is 450. The maximum atomic E-state index is 12.5. The van der Waals surface area contributed by atoms with Gasteiger partial charge in [0.05, 0.1) is 12.6 Å². The number of rotatable bonds is 4. The molecule has 102 valence electrons. The monoisotopic (exact) mass is 260 g/mol.